The summed E-state index contributed by atoms with van der Waals surface area (Å²) < 4.78 is 40.9. The number of carbonyl (C=O) groups is 1. The molecule has 0 bridgehead atoms. The average molecular weight is 344 g/mol. The maximum absolute atomic E-state index is 14.3. The van der Waals surface area contributed by atoms with Gasteiger partial charge in [0.25, 0.3) is 6.43 Å². The van der Waals surface area contributed by atoms with E-state index in [0.29, 0.717) is 12.8 Å². The van der Waals surface area contributed by atoms with Crippen molar-refractivity contribution >= 4 is 5.91 Å². The Labute approximate surface area is 139 Å². The number of aliphatic hydroxyl groups is 1. The summed E-state index contributed by atoms with van der Waals surface area (Å²) in [6.07, 6.45) is -5.56. The molecule has 1 aliphatic rings. The molecule has 2 N–H and O–H groups in total. The van der Waals surface area contributed by atoms with Crippen molar-refractivity contribution in [1.82, 2.24) is 10.2 Å². The van der Waals surface area contributed by atoms with Crippen molar-refractivity contribution in [3.8, 4) is 0 Å². The van der Waals surface area contributed by atoms with E-state index in [1.54, 1.807) is 0 Å². The van der Waals surface area contributed by atoms with Gasteiger partial charge in [0.05, 0.1) is 6.04 Å². The number of halogens is 3. The van der Waals surface area contributed by atoms with E-state index in [0.717, 1.165) is 5.56 Å². The summed E-state index contributed by atoms with van der Waals surface area (Å²) in [6.45, 7) is 0.197. The standard InChI is InChI=1S/C17H23F3N2O2/c1-21-13(23)10-12-14(18)16(24)15(17(19)20)22(12)9-5-8-11-6-3-2-4-7-11/h2-4,6-7,12,14-17,24H,5,8-10H2,1H3,(H,21,23)/t12-,14+,15+,16+/m1/s1. The number of likely N-dealkylation sites (tertiary alicyclic amines) is 1. The highest BCUT2D eigenvalue weighted by atomic mass is 19.3. The SMILES string of the molecule is CNC(=O)C[C@@H]1[C@H](F)[C@H](O)[C@@H](C(F)F)N1CCCc1ccccc1. The maximum atomic E-state index is 14.3. The second-order valence-corrected chi connectivity index (χ2v) is 6.03. The summed E-state index contributed by atoms with van der Waals surface area (Å²) in [5.74, 6) is -0.433. The van der Waals surface area contributed by atoms with Gasteiger partial charge in [-0.25, -0.2) is 13.2 Å². The molecule has 0 spiro atoms. The van der Waals surface area contributed by atoms with Crippen molar-refractivity contribution in [1.29, 1.82) is 0 Å². The zero-order chi connectivity index (χ0) is 17.7. The minimum atomic E-state index is -2.87. The largest absolute Gasteiger partial charge is 0.388 e. The molecule has 2 rings (SSSR count). The molecule has 0 aromatic heterocycles. The van der Waals surface area contributed by atoms with Gasteiger partial charge >= 0.3 is 0 Å². The van der Waals surface area contributed by atoms with E-state index in [9.17, 15) is 23.1 Å². The Morgan fingerprint density at radius 2 is 2.00 bits per heavy atom. The number of carbonyl (C=O) groups excluding carboxylic acids is 1. The number of benzene rings is 1. The summed E-state index contributed by atoms with van der Waals surface area (Å²) in [7, 11) is 1.41. The molecule has 0 saturated carbocycles. The molecule has 1 fully saturated rings. The van der Waals surface area contributed by atoms with Crippen molar-refractivity contribution in [3.63, 3.8) is 0 Å². The number of nitrogens with one attached hydrogen (secondary N) is 1. The lowest BCUT2D eigenvalue weighted by Crippen LogP contribution is -2.45. The molecule has 134 valence electrons. The van der Waals surface area contributed by atoms with E-state index in [1.165, 1.54) is 11.9 Å². The molecule has 0 aliphatic carbocycles. The summed E-state index contributed by atoms with van der Waals surface area (Å²) in [4.78, 5) is 12.8. The molecule has 1 aromatic rings. The van der Waals surface area contributed by atoms with Gasteiger partial charge in [-0.15, -0.1) is 0 Å². The molecule has 1 aromatic carbocycles. The highest BCUT2D eigenvalue weighted by molar-refractivity contribution is 5.76. The summed E-state index contributed by atoms with van der Waals surface area (Å²) in [5, 5.41) is 12.2. The lowest BCUT2D eigenvalue weighted by Gasteiger charge is -2.29. The number of nitrogens with zero attached hydrogens (tertiary/aromatic N) is 1. The van der Waals surface area contributed by atoms with Crippen LogP contribution in [0.4, 0.5) is 13.2 Å². The first-order chi connectivity index (χ1) is 11.5. The molecule has 1 aliphatic heterocycles. The van der Waals surface area contributed by atoms with Crippen LogP contribution in [0.5, 0.6) is 0 Å². The predicted octanol–water partition coefficient (Wildman–Crippen LogP) is 1.77. The van der Waals surface area contributed by atoms with Crippen LogP contribution >= 0.6 is 0 Å². The molecule has 1 saturated heterocycles. The topological polar surface area (TPSA) is 52.6 Å². The molecular weight excluding hydrogens is 321 g/mol. The van der Waals surface area contributed by atoms with Gasteiger partial charge in [-0.3, -0.25) is 9.69 Å². The average Bonchev–Trinajstić information content (AvgIpc) is 2.80. The third-order valence-corrected chi connectivity index (χ3v) is 4.51. The Balaban J connectivity index is 2.05. The van der Waals surface area contributed by atoms with Crippen LogP contribution in [0.15, 0.2) is 30.3 Å². The van der Waals surface area contributed by atoms with Gasteiger partial charge in [0, 0.05) is 13.5 Å². The van der Waals surface area contributed by atoms with Gasteiger partial charge in [0.2, 0.25) is 5.91 Å². The van der Waals surface area contributed by atoms with E-state index >= 15 is 0 Å². The summed E-state index contributed by atoms with van der Waals surface area (Å²) in [5.41, 5.74) is 1.06. The molecular formula is C17H23F3N2O2. The zero-order valence-corrected chi connectivity index (χ0v) is 13.5. The molecule has 0 radical (unpaired) electrons. The van der Waals surface area contributed by atoms with Crippen molar-refractivity contribution in [2.75, 3.05) is 13.6 Å². The van der Waals surface area contributed by atoms with Crippen LogP contribution < -0.4 is 5.32 Å². The van der Waals surface area contributed by atoms with Gasteiger partial charge in [-0.05, 0) is 24.9 Å². The number of aliphatic hydroxyl groups excluding tert-OH is 1. The quantitative estimate of drug-likeness (QED) is 0.793. The number of aryl methyl sites for hydroxylation is 1. The van der Waals surface area contributed by atoms with Gasteiger partial charge in [-0.1, -0.05) is 30.3 Å². The first kappa shape index (κ1) is 18.7. The van der Waals surface area contributed by atoms with Crippen LogP contribution in [0, 0.1) is 0 Å². The van der Waals surface area contributed by atoms with E-state index in [-0.39, 0.29) is 13.0 Å². The second kappa shape index (κ2) is 8.48. The van der Waals surface area contributed by atoms with Crippen molar-refractivity contribution < 1.29 is 23.1 Å². The molecule has 1 amide bonds. The lowest BCUT2D eigenvalue weighted by molar-refractivity contribution is -0.122. The smallest absolute Gasteiger partial charge is 0.256 e. The van der Waals surface area contributed by atoms with Gasteiger partial charge in [0.15, 0.2) is 0 Å². The van der Waals surface area contributed by atoms with Crippen molar-refractivity contribution in [3.05, 3.63) is 35.9 Å². The monoisotopic (exact) mass is 344 g/mol. The number of alkyl halides is 3. The maximum Gasteiger partial charge on any atom is 0.256 e. The Bertz CT molecular complexity index is 530. The van der Waals surface area contributed by atoms with E-state index in [2.05, 4.69) is 5.32 Å². The van der Waals surface area contributed by atoms with E-state index in [4.69, 9.17) is 0 Å². The normalized spacial score (nSPS) is 27.6. The molecule has 1 heterocycles. The molecule has 4 nitrogen and oxygen atoms in total. The lowest BCUT2D eigenvalue weighted by atomic mass is 10.1. The van der Waals surface area contributed by atoms with E-state index < -0.39 is 36.7 Å². The third kappa shape index (κ3) is 4.27. The fraction of sp³-hybridized carbons (Fsp3) is 0.588. The fourth-order valence-electron chi connectivity index (χ4n) is 3.26. The van der Waals surface area contributed by atoms with Gasteiger partial charge in [-0.2, -0.15) is 0 Å². The van der Waals surface area contributed by atoms with Crippen LogP contribution in [0.2, 0.25) is 0 Å². The minimum Gasteiger partial charge on any atom is -0.388 e. The second-order valence-electron chi connectivity index (χ2n) is 6.03. The van der Waals surface area contributed by atoms with Crippen LogP contribution in [0.25, 0.3) is 0 Å². The third-order valence-electron chi connectivity index (χ3n) is 4.51. The van der Waals surface area contributed by atoms with Crippen molar-refractivity contribution in [2.45, 2.75) is 50.0 Å². The molecule has 0 unspecified atom stereocenters. The van der Waals surface area contributed by atoms with Crippen LogP contribution in [0.1, 0.15) is 18.4 Å². The number of hydrogen-bond acceptors (Lipinski definition) is 3. The van der Waals surface area contributed by atoms with Gasteiger partial charge < -0.3 is 10.4 Å². The molecule has 7 heteroatoms. The Hall–Kier alpha value is -1.60. The van der Waals surface area contributed by atoms with Gasteiger partial charge in [0.1, 0.15) is 18.3 Å². The van der Waals surface area contributed by atoms with Crippen LogP contribution in [0.3, 0.4) is 0 Å². The minimum absolute atomic E-state index is 0.197. The predicted molar refractivity (Wildman–Crippen MR) is 84.6 cm³/mol. The van der Waals surface area contributed by atoms with Crippen LogP contribution in [-0.4, -0.2) is 60.3 Å². The van der Waals surface area contributed by atoms with Crippen LogP contribution in [-0.2, 0) is 11.2 Å². The Morgan fingerprint density at radius 1 is 1.33 bits per heavy atom. The first-order valence-electron chi connectivity index (χ1n) is 8.06. The summed E-state index contributed by atoms with van der Waals surface area (Å²) >= 11 is 0. The Morgan fingerprint density at radius 3 is 2.58 bits per heavy atom. The highest BCUT2D eigenvalue weighted by Crippen LogP contribution is 2.33. The summed E-state index contributed by atoms with van der Waals surface area (Å²) in [6, 6.07) is 6.93. The van der Waals surface area contributed by atoms with Crippen molar-refractivity contribution in [2.24, 2.45) is 0 Å². The number of rotatable bonds is 7. The zero-order valence-electron chi connectivity index (χ0n) is 13.5. The molecule has 4 atom stereocenters. The Kier molecular flexibility index (Phi) is 6.62. The number of amides is 1. The van der Waals surface area contributed by atoms with E-state index in [1.807, 2.05) is 30.3 Å². The molecule has 24 heavy (non-hydrogen) atoms. The highest BCUT2D eigenvalue weighted by Gasteiger charge is 2.52. The number of hydrogen-bond donors (Lipinski definition) is 2. The fourth-order valence-corrected chi connectivity index (χ4v) is 3.26. The first-order valence-corrected chi connectivity index (χ1v) is 8.06.